The number of thiophene rings is 1. The van der Waals surface area contributed by atoms with Gasteiger partial charge in [-0.05, 0) is 86.8 Å². The highest BCUT2D eigenvalue weighted by Crippen LogP contribution is 2.46. The second kappa shape index (κ2) is 12.2. The molecule has 1 unspecified atom stereocenters. The average molecular weight is 625 g/mol. The van der Waals surface area contributed by atoms with Crippen LogP contribution in [-0.4, -0.2) is 47.5 Å². The first-order chi connectivity index (χ1) is 21.3. The van der Waals surface area contributed by atoms with E-state index in [2.05, 4.69) is 4.99 Å². The van der Waals surface area contributed by atoms with E-state index in [0.29, 0.717) is 16.9 Å². The zero-order chi connectivity index (χ0) is 32.5. The van der Waals surface area contributed by atoms with Gasteiger partial charge in [-0.15, -0.1) is 16.3 Å². The van der Waals surface area contributed by atoms with E-state index < -0.39 is 23.1 Å². The second-order valence-corrected chi connectivity index (χ2v) is 12.9. The van der Waals surface area contributed by atoms with Crippen molar-refractivity contribution < 1.29 is 23.5 Å². The molecule has 2 heterocycles. The number of ether oxygens (including phenoxy) is 2. The highest BCUT2D eigenvalue weighted by Gasteiger charge is 2.46. The summed E-state index contributed by atoms with van der Waals surface area (Å²) in [4.78, 5) is 36.6. The standard InChI is InChI=1S/C35H33FN4O4S/c1-34(2,3)44-33(42)38-32-39(5)31(41)26-9-7-8-10-27(26)35(4,40(32)21-22-11-14-25(43-6)15-12-22)30-18-17-29(45-30)23-13-16-28(36)24(19-23)20-37/h7-19H,21H2,1-6H3. The van der Waals surface area contributed by atoms with E-state index >= 15 is 0 Å². The van der Waals surface area contributed by atoms with Crippen LogP contribution in [0, 0.1) is 17.1 Å². The highest BCUT2D eigenvalue weighted by atomic mass is 32.1. The number of nitriles is 1. The van der Waals surface area contributed by atoms with Crippen molar-refractivity contribution in [3.8, 4) is 22.3 Å². The van der Waals surface area contributed by atoms with Crippen molar-refractivity contribution in [2.75, 3.05) is 14.2 Å². The van der Waals surface area contributed by atoms with Crippen molar-refractivity contribution in [3.63, 3.8) is 0 Å². The number of guanidine groups is 1. The molecule has 10 heteroatoms. The maximum absolute atomic E-state index is 14.2. The van der Waals surface area contributed by atoms with Crippen molar-refractivity contribution in [2.45, 2.75) is 45.4 Å². The Kier molecular flexibility index (Phi) is 8.50. The second-order valence-electron chi connectivity index (χ2n) is 11.8. The molecule has 0 bridgehead atoms. The molecule has 0 saturated carbocycles. The Balaban J connectivity index is 1.75. The molecular weight excluding hydrogens is 591 g/mol. The molecule has 1 aliphatic rings. The van der Waals surface area contributed by atoms with E-state index in [-0.39, 0.29) is 24.0 Å². The lowest BCUT2D eigenvalue weighted by Gasteiger charge is -2.42. The fourth-order valence-corrected chi connectivity index (χ4v) is 6.49. The van der Waals surface area contributed by atoms with Crippen LogP contribution < -0.4 is 4.74 Å². The van der Waals surface area contributed by atoms with Crippen LogP contribution >= 0.6 is 11.3 Å². The first-order valence-corrected chi connectivity index (χ1v) is 15.1. The molecule has 230 valence electrons. The van der Waals surface area contributed by atoms with Gasteiger partial charge in [0, 0.05) is 28.9 Å². The Hall–Kier alpha value is -5.01. The Bertz CT molecular complexity index is 1840. The van der Waals surface area contributed by atoms with Gasteiger partial charge in [0.2, 0.25) is 5.96 Å². The van der Waals surface area contributed by atoms with Gasteiger partial charge in [-0.25, -0.2) is 9.18 Å². The fraction of sp³-hybridized carbons (Fsp3) is 0.257. The number of amides is 2. The number of carbonyl (C=O) groups is 2. The van der Waals surface area contributed by atoms with Crippen molar-refractivity contribution >= 4 is 29.3 Å². The topological polar surface area (TPSA) is 95.2 Å². The maximum Gasteiger partial charge on any atom is 0.437 e. The van der Waals surface area contributed by atoms with Crippen LogP contribution in [0.15, 0.2) is 83.9 Å². The molecule has 8 nitrogen and oxygen atoms in total. The molecule has 0 aliphatic carbocycles. The number of carbonyl (C=O) groups excluding carboxylic acids is 2. The van der Waals surface area contributed by atoms with E-state index in [0.717, 1.165) is 20.9 Å². The largest absolute Gasteiger partial charge is 0.497 e. The van der Waals surface area contributed by atoms with E-state index in [1.54, 1.807) is 53.1 Å². The minimum absolute atomic E-state index is 0.0476. The third-order valence-electron chi connectivity index (χ3n) is 7.61. The van der Waals surface area contributed by atoms with E-state index in [4.69, 9.17) is 9.47 Å². The number of hydrogen-bond acceptors (Lipinski definition) is 6. The highest BCUT2D eigenvalue weighted by molar-refractivity contribution is 7.15. The lowest BCUT2D eigenvalue weighted by atomic mass is 9.85. The van der Waals surface area contributed by atoms with Gasteiger partial charge in [0.1, 0.15) is 28.8 Å². The summed E-state index contributed by atoms with van der Waals surface area (Å²) in [5.74, 6) is -0.105. The summed E-state index contributed by atoms with van der Waals surface area (Å²) >= 11 is 1.45. The first kappa shape index (κ1) is 31.4. The molecular formula is C35H33FN4O4S. The molecule has 45 heavy (non-hydrogen) atoms. The van der Waals surface area contributed by atoms with Crippen LogP contribution in [0.25, 0.3) is 10.4 Å². The zero-order valence-corrected chi connectivity index (χ0v) is 26.7. The minimum Gasteiger partial charge on any atom is -0.497 e. The Morgan fingerprint density at radius 3 is 2.44 bits per heavy atom. The molecule has 0 spiro atoms. The van der Waals surface area contributed by atoms with Gasteiger partial charge in [0.25, 0.3) is 5.91 Å². The van der Waals surface area contributed by atoms with Crippen molar-refractivity contribution in [2.24, 2.45) is 4.99 Å². The molecule has 2 amide bonds. The molecule has 0 fully saturated rings. The van der Waals surface area contributed by atoms with Crippen LogP contribution in [0.2, 0.25) is 0 Å². The number of halogens is 1. The summed E-state index contributed by atoms with van der Waals surface area (Å²) in [6.07, 6.45) is -0.826. The molecule has 0 saturated heterocycles. The Morgan fingerprint density at radius 1 is 1.07 bits per heavy atom. The van der Waals surface area contributed by atoms with E-state index in [9.17, 15) is 19.2 Å². The molecule has 1 atom stereocenters. The summed E-state index contributed by atoms with van der Waals surface area (Å²) < 4.78 is 25.1. The fourth-order valence-electron chi connectivity index (χ4n) is 5.32. The molecule has 0 N–H and O–H groups in total. The summed E-state index contributed by atoms with van der Waals surface area (Å²) in [5.41, 5.74) is 0.865. The van der Waals surface area contributed by atoms with Crippen molar-refractivity contribution in [1.82, 2.24) is 9.80 Å². The quantitative estimate of drug-likeness (QED) is 0.227. The lowest BCUT2D eigenvalue weighted by Crippen LogP contribution is -2.51. The van der Waals surface area contributed by atoms with E-state index in [1.807, 2.05) is 66.4 Å². The Morgan fingerprint density at radius 2 is 1.78 bits per heavy atom. The summed E-state index contributed by atoms with van der Waals surface area (Å²) in [5, 5.41) is 9.42. The third kappa shape index (κ3) is 6.17. The predicted octanol–water partition coefficient (Wildman–Crippen LogP) is 7.58. The smallest absolute Gasteiger partial charge is 0.437 e. The SMILES string of the molecule is COc1ccc(CN2C(=NC(=O)OC(C)(C)C)N(C)C(=O)c3ccccc3C2(C)c2ccc(-c3ccc(F)c(C#N)c3)s2)cc1. The number of fused-ring (bicyclic) bond motifs is 1. The molecule has 1 aliphatic heterocycles. The number of hydrogen-bond donors (Lipinski definition) is 0. The maximum atomic E-state index is 14.2. The zero-order valence-electron chi connectivity index (χ0n) is 25.9. The van der Waals surface area contributed by atoms with Gasteiger partial charge >= 0.3 is 6.09 Å². The monoisotopic (exact) mass is 624 g/mol. The van der Waals surface area contributed by atoms with Crippen LogP contribution in [0.1, 0.15) is 59.6 Å². The molecule has 3 aromatic carbocycles. The van der Waals surface area contributed by atoms with E-state index in [1.165, 1.54) is 28.4 Å². The van der Waals surface area contributed by atoms with Gasteiger partial charge in [0.15, 0.2) is 0 Å². The third-order valence-corrected chi connectivity index (χ3v) is 8.95. The molecule has 1 aromatic heterocycles. The van der Waals surface area contributed by atoms with Gasteiger partial charge < -0.3 is 14.4 Å². The summed E-state index contributed by atoms with van der Waals surface area (Å²) in [7, 11) is 3.19. The van der Waals surface area contributed by atoms with Crippen LogP contribution in [0.4, 0.5) is 9.18 Å². The number of rotatable bonds is 5. The molecule has 0 radical (unpaired) electrons. The summed E-state index contributed by atoms with van der Waals surface area (Å²) in [6.45, 7) is 7.51. The molecule has 4 aromatic rings. The predicted molar refractivity (Wildman–Crippen MR) is 172 cm³/mol. The Labute approximate surface area is 266 Å². The van der Waals surface area contributed by atoms with Crippen LogP contribution in [0.5, 0.6) is 5.75 Å². The van der Waals surface area contributed by atoms with Crippen molar-refractivity contribution in [1.29, 1.82) is 5.26 Å². The van der Waals surface area contributed by atoms with Crippen LogP contribution in [0.3, 0.4) is 0 Å². The number of methoxy groups -OCH3 is 1. The number of nitrogens with zero attached hydrogens (tertiary/aromatic N) is 4. The van der Waals surface area contributed by atoms with Gasteiger partial charge in [-0.3, -0.25) is 9.69 Å². The van der Waals surface area contributed by atoms with Gasteiger partial charge in [0.05, 0.1) is 12.7 Å². The average Bonchev–Trinajstić information content (AvgIpc) is 3.50. The minimum atomic E-state index is -1.03. The summed E-state index contributed by atoms with van der Waals surface area (Å²) in [6, 6.07) is 25.1. The van der Waals surface area contributed by atoms with Crippen LogP contribution in [-0.2, 0) is 16.8 Å². The number of aliphatic imine (C=N–C) groups is 1. The first-order valence-electron chi connectivity index (χ1n) is 14.3. The van der Waals surface area contributed by atoms with Crippen molar-refractivity contribution in [3.05, 3.63) is 112 Å². The van der Waals surface area contributed by atoms with Gasteiger partial charge in [-0.2, -0.15) is 5.26 Å². The van der Waals surface area contributed by atoms with Gasteiger partial charge in [-0.1, -0.05) is 36.4 Å². The number of benzene rings is 3. The normalized spacial score (nSPS) is 17.5. The molecule has 5 rings (SSSR count). The lowest BCUT2D eigenvalue weighted by molar-refractivity contribution is 0.0595.